The highest BCUT2D eigenvalue weighted by atomic mass is 16.3. The zero-order valence-corrected chi connectivity index (χ0v) is 12.3. The van der Waals surface area contributed by atoms with Crippen LogP contribution < -0.4 is 0 Å². The predicted octanol–water partition coefficient (Wildman–Crippen LogP) is 3.51. The molecule has 19 heavy (non-hydrogen) atoms. The average Bonchev–Trinajstić information content (AvgIpc) is 2.58. The minimum absolute atomic E-state index is 0.191. The number of benzene rings is 1. The first kappa shape index (κ1) is 14.5. The van der Waals surface area contributed by atoms with Crippen molar-refractivity contribution in [1.82, 2.24) is 4.90 Å². The quantitative estimate of drug-likeness (QED) is 0.896. The van der Waals surface area contributed by atoms with Crippen LogP contribution in [0.5, 0.6) is 0 Å². The largest absolute Gasteiger partial charge is 0.393 e. The van der Waals surface area contributed by atoms with Gasteiger partial charge in [-0.15, -0.1) is 0 Å². The highest BCUT2D eigenvalue weighted by molar-refractivity contribution is 5.21. The second kappa shape index (κ2) is 7.06. The van der Waals surface area contributed by atoms with Crippen LogP contribution in [-0.2, 0) is 6.54 Å². The lowest BCUT2D eigenvalue weighted by Crippen LogP contribution is -2.36. The van der Waals surface area contributed by atoms with Gasteiger partial charge in [0.2, 0.25) is 0 Å². The molecule has 2 heteroatoms. The predicted molar refractivity (Wildman–Crippen MR) is 80.1 cm³/mol. The number of aryl methyl sites for hydroxylation is 1. The highest BCUT2D eigenvalue weighted by Crippen LogP contribution is 2.22. The highest BCUT2D eigenvalue weighted by Gasteiger charge is 2.22. The van der Waals surface area contributed by atoms with E-state index in [0.29, 0.717) is 6.04 Å². The third-order valence-corrected chi connectivity index (χ3v) is 4.12. The fourth-order valence-corrected chi connectivity index (χ4v) is 3.03. The summed E-state index contributed by atoms with van der Waals surface area (Å²) in [6.45, 7) is 6.24. The van der Waals surface area contributed by atoms with Gasteiger partial charge in [0.15, 0.2) is 0 Å². The van der Waals surface area contributed by atoms with E-state index in [1.165, 1.54) is 43.4 Å². The molecule has 1 aromatic rings. The molecule has 1 fully saturated rings. The van der Waals surface area contributed by atoms with Gasteiger partial charge >= 0.3 is 0 Å². The zero-order chi connectivity index (χ0) is 13.7. The molecule has 1 aromatic carbocycles. The molecule has 106 valence electrons. The van der Waals surface area contributed by atoms with Gasteiger partial charge in [-0.1, -0.05) is 42.7 Å². The molecule has 2 nitrogen and oxygen atoms in total. The van der Waals surface area contributed by atoms with Gasteiger partial charge in [-0.2, -0.15) is 0 Å². The van der Waals surface area contributed by atoms with E-state index in [0.717, 1.165) is 13.0 Å². The molecular formula is C17H27NO. The lowest BCUT2D eigenvalue weighted by molar-refractivity contribution is 0.108. The van der Waals surface area contributed by atoms with Gasteiger partial charge in [0.25, 0.3) is 0 Å². The van der Waals surface area contributed by atoms with Crippen LogP contribution in [0.3, 0.4) is 0 Å². The Morgan fingerprint density at radius 3 is 2.63 bits per heavy atom. The Balaban J connectivity index is 2.02. The molecule has 0 spiro atoms. The lowest BCUT2D eigenvalue weighted by atomic mass is 10.0. The maximum Gasteiger partial charge on any atom is 0.0527 e. The number of rotatable bonds is 4. The van der Waals surface area contributed by atoms with Gasteiger partial charge in [-0.05, 0) is 45.2 Å². The van der Waals surface area contributed by atoms with Crippen molar-refractivity contribution >= 4 is 0 Å². The Morgan fingerprint density at radius 2 is 1.95 bits per heavy atom. The van der Waals surface area contributed by atoms with Crippen molar-refractivity contribution in [3.05, 3.63) is 35.4 Å². The Bertz CT molecular complexity index is 371. The summed E-state index contributed by atoms with van der Waals surface area (Å²) in [4.78, 5) is 2.57. The summed E-state index contributed by atoms with van der Waals surface area (Å²) in [5.74, 6) is 0. The Kier molecular flexibility index (Phi) is 5.41. The van der Waals surface area contributed by atoms with Crippen LogP contribution in [0, 0.1) is 6.92 Å². The van der Waals surface area contributed by atoms with Crippen molar-refractivity contribution in [2.24, 2.45) is 0 Å². The molecule has 1 aliphatic rings. The minimum atomic E-state index is -0.191. The third-order valence-electron chi connectivity index (χ3n) is 4.12. The van der Waals surface area contributed by atoms with E-state index in [-0.39, 0.29) is 6.10 Å². The second-order valence-corrected chi connectivity index (χ2v) is 6.04. The van der Waals surface area contributed by atoms with Gasteiger partial charge in [0, 0.05) is 12.6 Å². The van der Waals surface area contributed by atoms with Crippen molar-refractivity contribution in [2.75, 3.05) is 6.54 Å². The third kappa shape index (κ3) is 4.63. The molecule has 0 amide bonds. The van der Waals surface area contributed by atoms with E-state index in [1.54, 1.807) is 0 Å². The number of aliphatic hydroxyl groups is 1. The maximum absolute atomic E-state index is 9.69. The van der Waals surface area contributed by atoms with Gasteiger partial charge < -0.3 is 5.11 Å². The fraction of sp³-hybridized carbons (Fsp3) is 0.647. The van der Waals surface area contributed by atoms with Crippen molar-refractivity contribution in [3.63, 3.8) is 0 Å². The summed E-state index contributed by atoms with van der Waals surface area (Å²) in [5, 5.41) is 9.69. The molecule has 0 bridgehead atoms. The molecule has 1 aliphatic heterocycles. The number of hydrogen-bond donors (Lipinski definition) is 1. The maximum atomic E-state index is 9.69. The van der Waals surface area contributed by atoms with Crippen LogP contribution in [-0.4, -0.2) is 28.7 Å². The molecule has 1 saturated heterocycles. The van der Waals surface area contributed by atoms with Crippen molar-refractivity contribution in [3.8, 4) is 0 Å². The lowest BCUT2D eigenvalue weighted by Gasteiger charge is -2.31. The van der Waals surface area contributed by atoms with Gasteiger partial charge in [-0.25, -0.2) is 0 Å². The van der Waals surface area contributed by atoms with Crippen LogP contribution in [0.2, 0.25) is 0 Å². The molecule has 0 radical (unpaired) electrons. The van der Waals surface area contributed by atoms with Gasteiger partial charge in [0.05, 0.1) is 6.10 Å². The summed E-state index contributed by atoms with van der Waals surface area (Å²) in [5.41, 5.74) is 2.71. The summed E-state index contributed by atoms with van der Waals surface area (Å²) in [6.07, 6.45) is 5.89. The van der Waals surface area contributed by atoms with Gasteiger partial charge in [-0.3, -0.25) is 4.90 Å². The molecule has 0 aliphatic carbocycles. The van der Waals surface area contributed by atoms with E-state index >= 15 is 0 Å². The molecule has 2 atom stereocenters. The standard InChI is InChI=1S/C17H27NO/c1-14-7-9-16(10-8-14)13-18-11-5-3-4-6-17(18)12-15(2)19/h7-10,15,17,19H,3-6,11-13H2,1-2H3. The van der Waals surface area contributed by atoms with Crippen LogP contribution in [0.15, 0.2) is 24.3 Å². The van der Waals surface area contributed by atoms with E-state index < -0.39 is 0 Å². The average molecular weight is 261 g/mol. The van der Waals surface area contributed by atoms with Crippen LogP contribution in [0.4, 0.5) is 0 Å². The van der Waals surface area contributed by atoms with Crippen LogP contribution >= 0.6 is 0 Å². The first-order chi connectivity index (χ1) is 9.15. The molecule has 0 saturated carbocycles. The molecule has 2 rings (SSSR count). The number of nitrogens with zero attached hydrogens (tertiary/aromatic N) is 1. The number of likely N-dealkylation sites (tertiary alicyclic amines) is 1. The smallest absolute Gasteiger partial charge is 0.0527 e. The Morgan fingerprint density at radius 1 is 1.21 bits per heavy atom. The fourth-order valence-electron chi connectivity index (χ4n) is 3.03. The van der Waals surface area contributed by atoms with Gasteiger partial charge in [0.1, 0.15) is 0 Å². The summed E-state index contributed by atoms with van der Waals surface area (Å²) in [7, 11) is 0. The number of aliphatic hydroxyl groups excluding tert-OH is 1. The first-order valence-electron chi connectivity index (χ1n) is 7.63. The number of hydrogen-bond acceptors (Lipinski definition) is 2. The van der Waals surface area contributed by atoms with Crippen LogP contribution in [0.25, 0.3) is 0 Å². The molecule has 1 N–H and O–H groups in total. The van der Waals surface area contributed by atoms with Crippen molar-refractivity contribution < 1.29 is 5.11 Å². The summed E-state index contributed by atoms with van der Waals surface area (Å²) < 4.78 is 0. The SMILES string of the molecule is Cc1ccc(CN2CCCCCC2CC(C)O)cc1. The Hall–Kier alpha value is -0.860. The molecular weight excluding hydrogens is 234 g/mol. The summed E-state index contributed by atoms with van der Waals surface area (Å²) >= 11 is 0. The second-order valence-electron chi connectivity index (χ2n) is 6.04. The van der Waals surface area contributed by atoms with Crippen molar-refractivity contribution in [1.29, 1.82) is 0 Å². The monoisotopic (exact) mass is 261 g/mol. The molecule has 0 aromatic heterocycles. The zero-order valence-electron chi connectivity index (χ0n) is 12.3. The van der Waals surface area contributed by atoms with Crippen molar-refractivity contribution in [2.45, 2.75) is 64.6 Å². The topological polar surface area (TPSA) is 23.5 Å². The minimum Gasteiger partial charge on any atom is -0.393 e. The van der Waals surface area contributed by atoms with E-state index in [2.05, 4.69) is 36.1 Å². The van der Waals surface area contributed by atoms with E-state index in [1.807, 2.05) is 6.92 Å². The van der Waals surface area contributed by atoms with E-state index in [9.17, 15) is 5.11 Å². The first-order valence-corrected chi connectivity index (χ1v) is 7.63. The summed E-state index contributed by atoms with van der Waals surface area (Å²) in [6, 6.07) is 9.40. The Labute approximate surface area is 117 Å². The van der Waals surface area contributed by atoms with Crippen LogP contribution in [0.1, 0.15) is 50.2 Å². The molecule has 2 unspecified atom stereocenters. The normalized spacial score (nSPS) is 23.0. The van der Waals surface area contributed by atoms with E-state index in [4.69, 9.17) is 0 Å². The molecule has 1 heterocycles.